The van der Waals surface area contributed by atoms with Crippen LogP contribution in [-0.2, 0) is 9.53 Å². The molecule has 1 heterocycles. The molecule has 5 nitrogen and oxygen atoms in total. The molecule has 2 aliphatic rings. The largest absolute Gasteiger partial charge is 0.457 e. The van der Waals surface area contributed by atoms with Gasteiger partial charge in [0.15, 0.2) is 0 Å². The first-order valence-electron chi connectivity index (χ1n) is 10.1. The first-order valence-corrected chi connectivity index (χ1v) is 10.1. The number of amides is 1. The van der Waals surface area contributed by atoms with Crippen molar-refractivity contribution >= 4 is 11.6 Å². The summed E-state index contributed by atoms with van der Waals surface area (Å²) in [6.45, 7) is 3.11. The van der Waals surface area contributed by atoms with Crippen LogP contribution in [0.25, 0.3) is 0 Å². The molecule has 1 aliphatic carbocycles. The second kappa shape index (κ2) is 10.7. The Balaban J connectivity index is 0.000000211. The summed E-state index contributed by atoms with van der Waals surface area (Å²) < 4.78 is 10.8. The topological polar surface area (TPSA) is 64.8 Å². The quantitative estimate of drug-likeness (QED) is 0.772. The zero-order valence-electron chi connectivity index (χ0n) is 16.4. The smallest absolute Gasteiger partial charge is 0.243 e. The average molecular weight is 383 g/mol. The van der Waals surface area contributed by atoms with Gasteiger partial charge in [0.2, 0.25) is 5.91 Å². The van der Waals surface area contributed by atoms with Gasteiger partial charge in [0, 0.05) is 24.8 Å². The van der Waals surface area contributed by atoms with Crippen LogP contribution in [0.5, 0.6) is 11.5 Å². The molecule has 2 fully saturated rings. The Bertz CT molecular complexity index is 726. The van der Waals surface area contributed by atoms with Gasteiger partial charge < -0.3 is 20.1 Å². The third-order valence-corrected chi connectivity index (χ3v) is 4.81. The van der Waals surface area contributed by atoms with Crippen LogP contribution < -0.4 is 15.4 Å². The number of carbonyl (C=O) groups is 1. The monoisotopic (exact) mass is 382 g/mol. The zero-order valence-corrected chi connectivity index (χ0v) is 16.4. The lowest BCUT2D eigenvalue weighted by Gasteiger charge is -2.29. The zero-order chi connectivity index (χ0) is 19.6. The standard InChI is InChI=1S/C17H19NO.C6H11NO2/c1-3-9-16(10-4-1)19-17-11-7-8-15(14-17)18-12-5-2-6-13-18;7-6(8)4-9-3-5-1-2-5/h1,3-4,7-11,14H,2,5-6,12-13H2;5H,1-4H2,(H2,7,8). The molecule has 2 aromatic carbocycles. The second-order valence-corrected chi connectivity index (χ2v) is 7.38. The van der Waals surface area contributed by atoms with E-state index >= 15 is 0 Å². The van der Waals surface area contributed by atoms with E-state index in [1.54, 1.807) is 0 Å². The van der Waals surface area contributed by atoms with Crippen LogP contribution >= 0.6 is 0 Å². The minimum atomic E-state index is -0.379. The molecule has 0 radical (unpaired) electrons. The lowest BCUT2D eigenvalue weighted by Crippen LogP contribution is -2.29. The predicted molar refractivity (Wildman–Crippen MR) is 112 cm³/mol. The summed E-state index contributed by atoms with van der Waals surface area (Å²) in [6.07, 6.45) is 6.45. The van der Waals surface area contributed by atoms with Gasteiger partial charge in [-0.1, -0.05) is 24.3 Å². The van der Waals surface area contributed by atoms with Crippen LogP contribution in [0.3, 0.4) is 0 Å². The van der Waals surface area contributed by atoms with E-state index in [-0.39, 0.29) is 12.5 Å². The summed E-state index contributed by atoms with van der Waals surface area (Å²) in [5.74, 6) is 2.13. The van der Waals surface area contributed by atoms with E-state index in [9.17, 15) is 4.79 Å². The molecule has 2 aromatic rings. The van der Waals surface area contributed by atoms with Crippen LogP contribution in [0.15, 0.2) is 54.6 Å². The number of anilines is 1. The summed E-state index contributed by atoms with van der Waals surface area (Å²) >= 11 is 0. The van der Waals surface area contributed by atoms with Crippen LogP contribution in [0.1, 0.15) is 32.1 Å². The second-order valence-electron chi connectivity index (χ2n) is 7.38. The van der Waals surface area contributed by atoms with Gasteiger partial charge in [-0.2, -0.15) is 0 Å². The van der Waals surface area contributed by atoms with E-state index in [1.165, 1.54) is 37.8 Å². The van der Waals surface area contributed by atoms with Gasteiger partial charge in [-0.05, 0) is 62.3 Å². The minimum absolute atomic E-state index is 0.0799. The Hall–Kier alpha value is -2.53. The molecule has 1 amide bonds. The molecule has 4 rings (SSSR count). The van der Waals surface area contributed by atoms with Gasteiger partial charge in [-0.25, -0.2) is 0 Å². The molecular weight excluding hydrogens is 352 g/mol. The molecule has 0 aromatic heterocycles. The fourth-order valence-electron chi connectivity index (χ4n) is 3.13. The minimum Gasteiger partial charge on any atom is -0.457 e. The molecule has 28 heavy (non-hydrogen) atoms. The third-order valence-electron chi connectivity index (χ3n) is 4.81. The molecule has 0 spiro atoms. The summed E-state index contributed by atoms with van der Waals surface area (Å²) in [4.78, 5) is 12.5. The number of carbonyl (C=O) groups excluding carboxylic acids is 1. The summed E-state index contributed by atoms with van der Waals surface area (Å²) in [5.41, 5.74) is 6.11. The number of primary amides is 1. The normalized spacial score (nSPS) is 16.1. The Morgan fingerprint density at radius 1 is 0.964 bits per heavy atom. The summed E-state index contributed by atoms with van der Waals surface area (Å²) in [7, 11) is 0. The van der Waals surface area contributed by atoms with Gasteiger partial charge >= 0.3 is 0 Å². The number of para-hydroxylation sites is 1. The molecule has 0 bridgehead atoms. The summed E-state index contributed by atoms with van der Waals surface area (Å²) in [5, 5.41) is 0. The van der Waals surface area contributed by atoms with Crippen molar-refractivity contribution in [3.8, 4) is 11.5 Å². The van der Waals surface area contributed by atoms with Crippen LogP contribution in [0.2, 0.25) is 0 Å². The van der Waals surface area contributed by atoms with E-state index in [0.29, 0.717) is 12.5 Å². The van der Waals surface area contributed by atoms with E-state index in [2.05, 4.69) is 23.1 Å². The van der Waals surface area contributed by atoms with Crippen molar-refractivity contribution in [3.63, 3.8) is 0 Å². The van der Waals surface area contributed by atoms with Gasteiger partial charge in [0.1, 0.15) is 18.1 Å². The highest BCUT2D eigenvalue weighted by Gasteiger charge is 2.21. The van der Waals surface area contributed by atoms with Crippen molar-refractivity contribution in [1.82, 2.24) is 0 Å². The number of benzene rings is 2. The molecule has 1 saturated carbocycles. The maximum absolute atomic E-state index is 10.1. The molecular formula is C23H30N2O3. The molecule has 0 unspecified atom stereocenters. The maximum Gasteiger partial charge on any atom is 0.243 e. The number of hydrogen-bond donors (Lipinski definition) is 1. The third kappa shape index (κ3) is 7.24. The maximum atomic E-state index is 10.1. The van der Waals surface area contributed by atoms with Gasteiger partial charge in [0.05, 0.1) is 6.61 Å². The first kappa shape index (κ1) is 20.2. The van der Waals surface area contributed by atoms with E-state index in [4.69, 9.17) is 15.2 Å². The Labute approximate surface area is 167 Å². The molecule has 1 saturated heterocycles. The number of rotatable bonds is 7. The molecule has 1 aliphatic heterocycles. The van der Waals surface area contributed by atoms with Crippen molar-refractivity contribution in [3.05, 3.63) is 54.6 Å². The fourth-order valence-corrected chi connectivity index (χ4v) is 3.13. The van der Waals surface area contributed by atoms with Gasteiger partial charge in [-0.15, -0.1) is 0 Å². The Kier molecular flexibility index (Phi) is 7.73. The SMILES string of the molecule is NC(=O)COCC1CC1.c1ccc(Oc2cccc(N3CCCCC3)c2)cc1. The molecule has 5 heteroatoms. The number of ether oxygens (including phenoxy) is 2. The Morgan fingerprint density at radius 2 is 1.68 bits per heavy atom. The number of hydrogen-bond acceptors (Lipinski definition) is 4. The lowest BCUT2D eigenvalue weighted by molar-refractivity contribution is -0.122. The number of piperidine rings is 1. The average Bonchev–Trinajstić information content (AvgIpc) is 3.54. The Morgan fingerprint density at radius 3 is 2.36 bits per heavy atom. The highest BCUT2D eigenvalue weighted by Crippen LogP contribution is 2.29. The lowest BCUT2D eigenvalue weighted by atomic mass is 10.1. The highest BCUT2D eigenvalue weighted by molar-refractivity contribution is 5.74. The number of nitrogens with two attached hydrogens (primary N) is 1. The van der Waals surface area contributed by atoms with E-state index < -0.39 is 0 Å². The summed E-state index contributed by atoms with van der Waals surface area (Å²) in [6, 6.07) is 18.3. The van der Waals surface area contributed by atoms with Crippen molar-refractivity contribution in [2.75, 3.05) is 31.2 Å². The molecule has 2 N–H and O–H groups in total. The predicted octanol–water partition coefficient (Wildman–Crippen LogP) is 4.37. The fraction of sp³-hybridized carbons (Fsp3) is 0.435. The highest BCUT2D eigenvalue weighted by atomic mass is 16.5. The van der Waals surface area contributed by atoms with Crippen molar-refractivity contribution in [2.45, 2.75) is 32.1 Å². The van der Waals surface area contributed by atoms with Crippen molar-refractivity contribution in [1.29, 1.82) is 0 Å². The van der Waals surface area contributed by atoms with Crippen molar-refractivity contribution in [2.24, 2.45) is 11.7 Å². The molecule has 150 valence electrons. The number of nitrogens with zero attached hydrogens (tertiary/aromatic N) is 1. The van der Waals surface area contributed by atoms with Crippen LogP contribution in [-0.4, -0.2) is 32.2 Å². The van der Waals surface area contributed by atoms with Gasteiger partial charge in [0.25, 0.3) is 0 Å². The van der Waals surface area contributed by atoms with E-state index in [1.807, 2.05) is 36.4 Å². The first-order chi connectivity index (χ1) is 13.7. The van der Waals surface area contributed by atoms with Crippen LogP contribution in [0.4, 0.5) is 5.69 Å². The van der Waals surface area contributed by atoms with E-state index in [0.717, 1.165) is 24.6 Å². The van der Waals surface area contributed by atoms with Crippen molar-refractivity contribution < 1.29 is 14.3 Å². The van der Waals surface area contributed by atoms with Crippen LogP contribution in [0, 0.1) is 5.92 Å². The van der Waals surface area contributed by atoms with Gasteiger partial charge in [-0.3, -0.25) is 4.79 Å². The molecule has 0 atom stereocenters.